The largest absolute Gasteiger partial charge is 0.308 e. The van der Waals surface area contributed by atoms with E-state index in [9.17, 15) is 8.60 Å². The number of nitrogens with one attached hydrogen (secondary N) is 1. The first-order chi connectivity index (χ1) is 7.16. The standard InChI is InChI=1S/C10H11ClFNOS/c11-8-5-7(1-2-9(8)12)10-6-15(14)4-3-13-10/h1-2,5,10,13H,3-4,6H2. The van der Waals surface area contributed by atoms with Crippen molar-refractivity contribution in [3.05, 3.63) is 34.6 Å². The maximum atomic E-state index is 12.9. The van der Waals surface area contributed by atoms with Gasteiger partial charge in [0.2, 0.25) is 0 Å². The maximum Gasteiger partial charge on any atom is 0.141 e. The molecular weight excluding hydrogens is 237 g/mol. The van der Waals surface area contributed by atoms with Crippen molar-refractivity contribution in [1.82, 2.24) is 5.32 Å². The van der Waals surface area contributed by atoms with E-state index >= 15 is 0 Å². The molecule has 1 aliphatic rings. The van der Waals surface area contributed by atoms with Crippen LogP contribution in [0.5, 0.6) is 0 Å². The minimum Gasteiger partial charge on any atom is -0.308 e. The Morgan fingerprint density at radius 1 is 1.53 bits per heavy atom. The number of hydrogen-bond donors (Lipinski definition) is 1. The average molecular weight is 248 g/mol. The van der Waals surface area contributed by atoms with Crippen LogP contribution in [0, 0.1) is 5.82 Å². The molecule has 1 heterocycles. The molecule has 0 aromatic heterocycles. The Morgan fingerprint density at radius 2 is 2.33 bits per heavy atom. The van der Waals surface area contributed by atoms with Gasteiger partial charge in [-0.3, -0.25) is 4.21 Å². The lowest BCUT2D eigenvalue weighted by molar-refractivity contribution is 0.569. The van der Waals surface area contributed by atoms with Crippen LogP contribution in [-0.4, -0.2) is 22.3 Å². The second-order valence-corrected chi connectivity index (χ2v) is 5.52. The molecule has 2 nitrogen and oxygen atoms in total. The Bertz CT molecular complexity index is 399. The van der Waals surface area contributed by atoms with E-state index in [4.69, 9.17) is 11.6 Å². The minimum atomic E-state index is -0.782. The molecular formula is C10H11ClFNOS. The fourth-order valence-electron chi connectivity index (χ4n) is 1.62. The molecule has 0 aliphatic carbocycles. The monoisotopic (exact) mass is 247 g/mol. The third-order valence-electron chi connectivity index (χ3n) is 2.42. The normalized spacial score (nSPS) is 26.5. The molecule has 0 saturated carbocycles. The van der Waals surface area contributed by atoms with Crippen LogP contribution in [0.15, 0.2) is 18.2 Å². The lowest BCUT2D eigenvalue weighted by atomic mass is 10.1. The first-order valence-corrected chi connectivity index (χ1v) is 6.57. The second-order valence-electron chi connectivity index (χ2n) is 3.49. The van der Waals surface area contributed by atoms with Gasteiger partial charge in [-0.05, 0) is 17.7 Å². The molecule has 2 atom stereocenters. The highest BCUT2D eigenvalue weighted by Gasteiger charge is 2.19. The van der Waals surface area contributed by atoms with Gasteiger partial charge in [0.1, 0.15) is 5.82 Å². The molecule has 5 heteroatoms. The Hall–Kier alpha value is -0.450. The van der Waals surface area contributed by atoms with Gasteiger partial charge in [0.15, 0.2) is 0 Å². The summed E-state index contributed by atoms with van der Waals surface area (Å²) in [4.78, 5) is 0. The first-order valence-electron chi connectivity index (χ1n) is 4.70. The smallest absolute Gasteiger partial charge is 0.141 e. The quantitative estimate of drug-likeness (QED) is 0.821. The van der Waals surface area contributed by atoms with E-state index in [1.54, 1.807) is 12.1 Å². The predicted molar refractivity (Wildman–Crippen MR) is 60.0 cm³/mol. The summed E-state index contributed by atoms with van der Waals surface area (Å²) in [7, 11) is -0.782. The van der Waals surface area contributed by atoms with Crippen LogP contribution in [0.1, 0.15) is 11.6 Å². The van der Waals surface area contributed by atoms with E-state index in [1.807, 2.05) is 0 Å². The van der Waals surface area contributed by atoms with Crippen molar-refractivity contribution in [3.63, 3.8) is 0 Å². The van der Waals surface area contributed by atoms with Gasteiger partial charge in [0.05, 0.1) is 5.02 Å². The zero-order valence-corrected chi connectivity index (χ0v) is 9.58. The molecule has 2 rings (SSSR count). The highest BCUT2D eigenvalue weighted by molar-refractivity contribution is 7.85. The lowest BCUT2D eigenvalue weighted by Crippen LogP contribution is -2.36. The van der Waals surface area contributed by atoms with Crippen molar-refractivity contribution in [3.8, 4) is 0 Å². The van der Waals surface area contributed by atoms with Crippen molar-refractivity contribution in [2.24, 2.45) is 0 Å². The highest BCUT2D eigenvalue weighted by Crippen LogP contribution is 2.22. The van der Waals surface area contributed by atoms with Gasteiger partial charge in [-0.15, -0.1) is 0 Å². The van der Waals surface area contributed by atoms with E-state index in [0.29, 0.717) is 11.5 Å². The maximum absolute atomic E-state index is 12.9. The number of halogens is 2. The molecule has 1 aromatic carbocycles. The van der Waals surface area contributed by atoms with Gasteiger partial charge < -0.3 is 5.32 Å². The summed E-state index contributed by atoms with van der Waals surface area (Å²) in [5, 5.41) is 3.35. The van der Waals surface area contributed by atoms with E-state index in [0.717, 1.165) is 12.1 Å². The van der Waals surface area contributed by atoms with E-state index in [-0.39, 0.29) is 11.1 Å². The first kappa shape index (κ1) is 11.0. The van der Waals surface area contributed by atoms with Gasteiger partial charge >= 0.3 is 0 Å². The fraction of sp³-hybridized carbons (Fsp3) is 0.400. The number of hydrogen-bond acceptors (Lipinski definition) is 2. The van der Waals surface area contributed by atoms with Crippen LogP contribution >= 0.6 is 11.6 Å². The molecule has 82 valence electrons. The van der Waals surface area contributed by atoms with Gasteiger partial charge in [-0.2, -0.15) is 0 Å². The van der Waals surface area contributed by atoms with Crippen molar-refractivity contribution in [1.29, 1.82) is 0 Å². The van der Waals surface area contributed by atoms with Crippen molar-refractivity contribution in [2.75, 3.05) is 18.1 Å². The molecule has 1 aromatic rings. The van der Waals surface area contributed by atoms with Crippen molar-refractivity contribution in [2.45, 2.75) is 6.04 Å². The summed E-state index contributed by atoms with van der Waals surface area (Å²) in [6, 6.07) is 4.65. The summed E-state index contributed by atoms with van der Waals surface area (Å²) in [6.07, 6.45) is 0. The van der Waals surface area contributed by atoms with Crippen LogP contribution < -0.4 is 5.32 Å². The van der Waals surface area contributed by atoms with Crippen LogP contribution in [0.2, 0.25) is 5.02 Å². The zero-order chi connectivity index (χ0) is 10.8. The van der Waals surface area contributed by atoms with Crippen LogP contribution in [0.25, 0.3) is 0 Å². The second kappa shape index (κ2) is 4.60. The molecule has 1 aliphatic heterocycles. The Morgan fingerprint density at radius 3 is 3.00 bits per heavy atom. The zero-order valence-electron chi connectivity index (χ0n) is 8.00. The summed E-state index contributed by atoms with van der Waals surface area (Å²) in [5.74, 6) is 0.838. The number of benzene rings is 1. The third-order valence-corrected chi connectivity index (χ3v) is 4.07. The van der Waals surface area contributed by atoms with Crippen LogP contribution in [0.3, 0.4) is 0 Å². The van der Waals surface area contributed by atoms with E-state index in [1.165, 1.54) is 6.07 Å². The average Bonchev–Trinajstić information content (AvgIpc) is 2.22. The van der Waals surface area contributed by atoms with E-state index < -0.39 is 16.6 Å². The van der Waals surface area contributed by atoms with Gasteiger partial charge in [0.25, 0.3) is 0 Å². The fourth-order valence-corrected chi connectivity index (χ4v) is 3.00. The van der Waals surface area contributed by atoms with Crippen LogP contribution in [0.4, 0.5) is 4.39 Å². The predicted octanol–water partition coefficient (Wildman–Crippen LogP) is 1.87. The van der Waals surface area contributed by atoms with Crippen LogP contribution in [-0.2, 0) is 10.8 Å². The molecule has 15 heavy (non-hydrogen) atoms. The summed E-state index contributed by atoms with van der Waals surface area (Å²) in [6.45, 7) is 0.728. The van der Waals surface area contributed by atoms with E-state index in [2.05, 4.69) is 5.32 Å². The summed E-state index contributed by atoms with van der Waals surface area (Å²) < 4.78 is 24.3. The minimum absolute atomic E-state index is 0.0256. The molecule has 1 N–H and O–H groups in total. The Labute approximate surface area is 95.3 Å². The van der Waals surface area contributed by atoms with Gasteiger partial charge in [0, 0.05) is 34.9 Å². The summed E-state index contributed by atoms with van der Waals surface area (Å²) >= 11 is 5.69. The molecule has 2 unspecified atom stereocenters. The Kier molecular flexibility index (Phi) is 3.38. The molecule has 1 saturated heterocycles. The molecule has 1 fully saturated rings. The molecule has 0 amide bonds. The molecule has 0 spiro atoms. The number of rotatable bonds is 1. The SMILES string of the molecule is O=S1CCNC(c2ccc(F)c(Cl)c2)C1. The van der Waals surface area contributed by atoms with Crippen molar-refractivity contribution >= 4 is 22.4 Å². The van der Waals surface area contributed by atoms with Gasteiger partial charge in [-0.1, -0.05) is 17.7 Å². The summed E-state index contributed by atoms with van der Waals surface area (Å²) in [5.41, 5.74) is 0.898. The van der Waals surface area contributed by atoms with Gasteiger partial charge in [-0.25, -0.2) is 4.39 Å². The molecule has 0 bridgehead atoms. The van der Waals surface area contributed by atoms with Crippen molar-refractivity contribution < 1.29 is 8.60 Å². The third kappa shape index (κ3) is 2.56. The topological polar surface area (TPSA) is 29.1 Å². The molecule has 0 radical (unpaired) electrons. The highest BCUT2D eigenvalue weighted by atomic mass is 35.5. The Balaban J connectivity index is 2.21. The lowest BCUT2D eigenvalue weighted by Gasteiger charge is -2.23.